The van der Waals surface area contributed by atoms with Crippen molar-refractivity contribution in [1.29, 1.82) is 0 Å². The Bertz CT molecular complexity index is 155. The summed E-state index contributed by atoms with van der Waals surface area (Å²) in [6.07, 6.45) is 1.29. The van der Waals surface area contributed by atoms with Crippen molar-refractivity contribution in [3.63, 3.8) is 0 Å². The van der Waals surface area contributed by atoms with Gasteiger partial charge < -0.3 is 24.4 Å². The Balaban J connectivity index is 2.99. The van der Waals surface area contributed by atoms with Gasteiger partial charge in [-0.1, -0.05) is 0 Å². The molecule has 5 heteroatoms. The van der Waals surface area contributed by atoms with Crippen LogP contribution in [0.1, 0.15) is 26.7 Å². The van der Waals surface area contributed by atoms with Crippen LogP contribution >= 0.6 is 0 Å². The molecule has 0 aromatic rings. The molecule has 0 unspecified atom stereocenters. The predicted molar refractivity (Wildman–Crippen MR) is 65.1 cm³/mol. The first-order chi connectivity index (χ1) is 8.06. The SMILES string of the molecule is CC(C)(O)CCOCCOCCOCCCO. The van der Waals surface area contributed by atoms with Crippen LogP contribution < -0.4 is 0 Å². The highest BCUT2D eigenvalue weighted by atomic mass is 16.5. The first-order valence-corrected chi connectivity index (χ1v) is 6.13. The number of rotatable bonds is 12. The highest BCUT2D eigenvalue weighted by molar-refractivity contribution is 4.63. The standard InChI is InChI=1S/C12H26O5/c1-12(2,14)4-7-16-9-11-17-10-8-15-6-3-5-13/h13-14H,3-11H2,1-2H3. The number of aliphatic hydroxyl groups is 2. The van der Waals surface area contributed by atoms with Crippen molar-refractivity contribution in [1.82, 2.24) is 0 Å². The average Bonchev–Trinajstić information content (AvgIpc) is 2.24. The van der Waals surface area contributed by atoms with E-state index in [4.69, 9.17) is 19.3 Å². The molecule has 0 bridgehead atoms. The van der Waals surface area contributed by atoms with E-state index in [-0.39, 0.29) is 6.61 Å². The Labute approximate surface area is 104 Å². The molecule has 0 saturated carbocycles. The van der Waals surface area contributed by atoms with Gasteiger partial charge in [-0.3, -0.25) is 0 Å². The third-order valence-corrected chi connectivity index (χ3v) is 2.05. The molecule has 17 heavy (non-hydrogen) atoms. The first kappa shape index (κ1) is 16.8. The molecule has 0 aliphatic rings. The summed E-state index contributed by atoms with van der Waals surface area (Å²) in [7, 11) is 0. The Kier molecular flexibility index (Phi) is 10.8. The lowest BCUT2D eigenvalue weighted by Gasteiger charge is -2.16. The first-order valence-electron chi connectivity index (χ1n) is 6.13. The molecule has 0 aromatic carbocycles. The van der Waals surface area contributed by atoms with Gasteiger partial charge in [0, 0.05) is 19.8 Å². The summed E-state index contributed by atoms with van der Waals surface area (Å²) < 4.78 is 15.8. The fourth-order valence-electron chi connectivity index (χ4n) is 1.03. The summed E-state index contributed by atoms with van der Waals surface area (Å²) in [5.41, 5.74) is -0.665. The lowest BCUT2D eigenvalue weighted by atomic mass is 10.1. The minimum absolute atomic E-state index is 0.163. The van der Waals surface area contributed by atoms with Crippen LogP contribution in [0.3, 0.4) is 0 Å². The van der Waals surface area contributed by atoms with Crippen LogP contribution in [0.5, 0.6) is 0 Å². The normalized spacial score (nSPS) is 12.0. The summed E-state index contributed by atoms with van der Waals surface area (Å²) in [4.78, 5) is 0. The highest BCUT2D eigenvalue weighted by Crippen LogP contribution is 2.06. The fraction of sp³-hybridized carbons (Fsp3) is 1.00. The summed E-state index contributed by atoms with van der Waals surface area (Å²) in [6.45, 7) is 6.96. The van der Waals surface area contributed by atoms with Gasteiger partial charge in [0.2, 0.25) is 0 Å². The van der Waals surface area contributed by atoms with Gasteiger partial charge in [0.15, 0.2) is 0 Å². The zero-order chi connectivity index (χ0) is 13.0. The summed E-state index contributed by atoms with van der Waals surface area (Å²) in [5.74, 6) is 0. The molecule has 0 fully saturated rings. The van der Waals surface area contributed by atoms with Crippen LogP contribution in [0.25, 0.3) is 0 Å². The van der Waals surface area contributed by atoms with Crippen molar-refractivity contribution >= 4 is 0 Å². The van der Waals surface area contributed by atoms with Crippen LogP contribution in [-0.4, -0.2) is 62.1 Å². The Hall–Kier alpha value is -0.200. The maximum atomic E-state index is 9.42. The average molecular weight is 250 g/mol. The number of ether oxygens (including phenoxy) is 3. The minimum atomic E-state index is -0.665. The van der Waals surface area contributed by atoms with Crippen LogP contribution in [-0.2, 0) is 14.2 Å². The smallest absolute Gasteiger partial charge is 0.0701 e. The molecule has 0 atom stereocenters. The van der Waals surface area contributed by atoms with E-state index in [9.17, 15) is 5.11 Å². The van der Waals surface area contributed by atoms with Gasteiger partial charge >= 0.3 is 0 Å². The molecule has 0 rings (SSSR count). The van der Waals surface area contributed by atoms with Gasteiger partial charge in [0.05, 0.1) is 32.0 Å². The van der Waals surface area contributed by atoms with Gasteiger partial charge in [-0.25, -0.2) is 0 Å². The molecule has 0 aromatic heterocycles. The summed E-state index contributed by atoms with van der Waals surface area (Å²) in [5, 5.41) is 17.9. The van der Waals surface area contributed by atoms with Crippen molar-refractivity contribution in [2.75, 3.05) is 46.2 Å². The van der Waals surface area contributed by atoms with Crippen molar-refractivity contribution < 1.29 is 24.4 Å². The minimum Gasteiger partial charge on any atom is -0.396 e. The zero-order valence-electron chi connectivity index (χ0n) is 11.0. The predicted octanol–water partition coefficient (Wildman–Crippen LogP) is 0.580. The van der Waals surface area contributed by atoms with E-state index in [1.165, 1.54) is 0 Å². The van der Waals surface area contributed by atoms with Crippen molar-refractivity contribution in [3.05, 3.63) is 0 Å². The fourth-order valence-corrected chi connectivity index (χ4v) is 1.03. The molecule has 0 heterocycles. The highest BCUT2D eigenvalue weighted by Gasteiger charge is 2.11. The lowest BCUT2D eigenvalue weighted by Crippen LogP contribution is -2.21. The van der Waals surface area contributed by atoms with E-state index < -0.39 is 5.60 Å². The van der Waals surface area contributed by atoms with E-state index in [0.717, 1.165) is 0 Å². The topological polar surface area (TPSA) is 68.2 Å². The molecule has 104 valence electrons. The lowest BCUT2D eigenvalue weighted by molar-refractivity contribution is -0.00578. The van der Waals surface area contributed by atoms with E-state index >= 15 is 0 Å². The number of hydrogen-bond donors (Lipinski definition) is 2. The zero-order valence-corrected chi connectivity index (χ0v) is 11.0. The molecule has 5 nitrogen and oxygen atoms in total. The number of hydrogen-bond acceptors (Lipinski definition) is 5. The van der Waals surface area contributed by atoms with Gasteiger partial charge in [-0.05, 0) is 26.7 Å². The maximum absolute atomic E-state index is 9.42. The van der Waals surface area contributed by atoms with Gasteiger partial charge in [0.1, 0.15) is 0 Å². The quantitative estimate of drug-likeness (QED) is 0.496. The summed E-state index contributed by atoms with van der Waals surface area (Å²) in [6, 6.07) is 0. The third-order valence-electron chi connectivity index (χ3n) is 2.05. The second-order valence-electron chi connectivity index (χ2n) is 4.48. The summed E-state index contributed by atoms with van der Waals surface area (Å²) >= 11 is 0. The van der Waals surface area contributed by atoms with Crippen LogP contribution in [0.15, 0.2) is 0 Å². The van der Waals surface area contributed by atoms with Gasteiger partial charge in [-0.2, -0.15) is 0 Å². The molecule has 0 aliphatic heterocycles. The molecule has 0 spiro atoms. The van der Waals surface area contributed by atoms with Crippen LogP contribution in [0.2, 0.25) is 0 Å². The molecular weight excluding hydrogens is 224 g/mol. The second-order valence-corrected chi connectivity index (χ2v) is 4.48. The van der Waals surface area contributed by atoms with Gasteiger partial charge in [0.25, 0.3) is 0 Å². The Morgan fingerprint density at radius 1 is 0.824 bits per heavy atom. The molecule has 0 saturated heterocycles. The van der Waals surface area contributed by atoms with Crippen molar-refractivity contribution in [2.24, 2.45) is 0 Å². The third kappa shape index (κ3) is 15.8. The largest absolute Gasteiger partial charge is 0.396 e. The van der Waals surface area contributed by atoms with E-state index in [2.05, 4.69) is 0 Å². The second kappa shape index (κ2) is 10.9. The van der Waals surface area contributed by atoms with Gasteiger partial charge in [-0.15, -0.1) is 0 Å². The molecular formula is C12H26O5. The molecule has 0 amide bonds. The Morgan fingerprint density at radius 2 is 1.29 bits per heavy atom. The van der Waals surface area contributed by atoms with Crippen molar-refractivity contribution in [2.45, 2.75) is 32.3 Å². The van der Waals surface area contributed by atoms with E-state index in [1.807, 2.05) is 0 Å². The van der Waals surface area contributed by atoms with E-state index in [0.29, 0.717) is 52.5 Å². The van der Waals surface area contributed by atoms with Crippen LogP contribution in [0.4, 0.5) is 0 Å². The van der Waals surface area contributed by atoms with Crippen LogP contribution in [0, 0.1) is 0 Å². The monoisotopic (exact) mass is 250 g/mol. The van der Waals surface area contributed by atoms with Crippen molar-refractivity contribution in [3.8, 4) is 0 Å². The maximum Gasteiger partial charge on any atom is 0.0701 e. The molecule has 0 radical (unpaired) electrons. The number of aliphatic hydroxyl groups excluding tert-OH is 1. The van der Waals surface area contributed by atoms with E-state index in [1.54, 1.807) is 13.8 Å². The Morgan fingerprint density at radius 3 is 1.76 bits per heavy atom. The molecule has 2 N–H and O–H groups in total. The molecule has 0 aliphatic carbocycles.